The second-order valence-electron chi connectivity index (χ2n) is 8.04. The SMILES string of the molecule is O=C(C1CCCCC1)N1CCN(C(=O)C2(c3cccc(Cl)c3)CC2)CC1. The Bertz CT molecular complexity index is 687. The topological polar surface area (TPSA) is 40.6 Å². The largest absolute Gasteiger partial charge is 0.339 e. The Hall–Kier alpha value is -1.55. The van der Waals surface area contributed by atoms with E-state index in [1.165, 1.54) is 19.3 Å². The maximum atomic E-state index is 13.2. The molecular weight excluding hydrogens is 348 g/mol. The number of piperazine rings is 1. The molecular formula is C21H27ClN2O2. The van der Waals surface area contributed by atoms with Crippen LogP contribution in [0.4, 0.5) is 0 Å². The Morgan fingerprint density at radius 2 is 1.62 bits per heavy atom. The standard InChI is InChI=1S/C21H27ClN2O2/c22-18-8-4-7-17(15-18)21(9-10-21)20(26)24-13-11-23(12-14-24)19(25)16-5-2-1-3-6-16/h4,7-8,15-16H,1-3,5-6,9-14H2. The summed E-state index contributed by atoms with van der Waals surface area (Å²) in [6.07, 6.45) is 7.48. The molecule has 3 aliphatic rings. The number of amides is 2. The molecule has 1 saturated heterocycles. The Kier molecular flexibility index (Phi) is 4.96. The van der Waals surface area contributed by atoms with E-state index in [1.807, 2.05) is 34.1 Å². The highest BCUT2D eigenvalue weighted by Crippen LogP contribution is 2.50. The van der Waals surface area contributed by atoms with E-state index in [9.17, 15) is 9.59 Å². The van der Waals surface area contributed by atoms with Gasteiger partial charge < -0.3 is 9.80 Å². The highest BCUT2D eigenvalue weighted by atomic mass is 35.5. The van der Waals surface area contributed by atoms with Crippen LogP contribution in [0.3, 0.4) is 0 Å². The molecule has 5 heteroatoms. The Morgan fingerprint density at radius 3 is 2.23 bits per heavy atom. The van der Waals surface area contributed by atoms with Gasteiger partial charge in [0.15, 0.2) is 0 Å². The number of hydrogen-bond donors (Lipinski definition) is 0. The van der Waals surface area contributed by atoms with E-state index >= 15 is 0 Å². The minimum atomic E-state index is -0.375. The van der Waals surface area contributed by atoms with Crippen LogP contribution in [0.2, 0.25) is 5.02 Å². The highest BCUT2D eigenvalue weighted by Gasteiger charge is 2.53. The van der Waals surface area contributed by atoms with Crippen molar-refractivity contribution in [3.8, 4) is 0 Å². The van der Waals surface area contributed by atoms with Crippen LogP contribution in [0.25, 0.3) is 0 Å². The first-order valence-corrected chi connectivity index (χ1v) is 10.3. The molecule has 4 nitrogen and oxygen atoms in total. The summed E-state index contributed by atoms with van der Waals surface area (Å²) in [5, 5.41) is 0.685. The summed E-state index contributed by atoms with van der Waals surface area (Å²) in [6.45, 7) is 2.65. The first kappa shape index (κ1) is 17.8. The molecule has 4 rings (SSSR count). The van der Waals surface area contributed by atoms with Crippen LogP contribution in [0.5, 0.6) is 0 Å². The second-order valence-corrected chi connectivity index (χ2v) is 8.48. The molecule has 0 atom stereocenters. The molecule has 1 aromatic carbocycles. The summed E-state index contributed by atoms with van der Waals surface area (Å²) in [4.78, 5) is 29.8. The lowest BCUT2D eigenvalue weighted by atomic mass is 9.88. The van der Waals surface area contributed by atoms with Gasteiger partial charge in [-0.2, -0.15) is 0 Å². The van der Waals surface area contributed by atoms with Crippen molar-refractivity contribution >= 4 is 23.4 Å². The third-order valence-electron chi connectivity index (χ3n) is 6.37. The van der Waals surface area contributed by atoms with Gasteiger partial charge in [-0.3, -0.25) is 9.59 Å². The van der Waals surface area contributed by atoms with Crippen molar-refractivity contribution in [2.45, 2.75) is 50.4 Å². The molecule has 1 heterocycles. The van der Waals surface area contributed by atoms with Crippen LogP contribution in [0.1, 0.15) is 50.5 Å². The lowest BCUT2D eigenvalue weighted by molar-refractivity contribution is -0.144. The molecule has 0 spiro atoms. The number of carbonyl (C=O) groups excluding carboxylic acids is 2. The minimum Gasteiger partial charge on any atom is -0.339 e. The van der Waals surface area contributed by atoms with E-state index in [1.54, 1.807) is 0 Å². The van der Waals surface area contributed by atoms with Crippen molar-refractivity contribution < 1.29 is 9.59 Å². The molecule has 1 aliphatic heterocycles. The fraction of sp³-hybridized carbons (Fsp3) is 0.619. The second kappa shape index (κ2) is 7.22. The zero-order valence-electron chi connectivity index (χ0n) is 15.3. The molecule has 2 saturated carbocycles. The summed E-state index contributed by atoms with van der Waals surface area (Å²) in [5.74, 6) is 0.740. The fourth-order valence-corrected chi connectivity index (χ4v) is 4.77. The summed E-state index contributed by atoms with van der Waals surface area (Å²) in [5.41, 5.74) is 0.663. The number of carbonyl (C=O) groups is 2. The predicted molar refractivity (Wildman–Crippen MR) is 102 cm³/mol. The van der Waals surface area contributed by atoms with E-state index < -0.39 is 0 Å². The van der Waals surface area contributed by atoms with Gasteiger partial charge in [-0.1, -0.05) is 43.0 Å². The molecule has 0 radical (unpaired) electrons. The van der Waals surface area contributed by atoms with E-state index in [0.717, 1.165) is 31.2 Å². The molecule has 0 unspecified atom stereocenters. The van der Waals surface area contributed by atoms with Gasteiger partial charge in [0.05, 0.1) is 5.41 Å². The van der Waals surface area contributed by atoms with Crippen LogP contribution in [-0.2, 0) is 15.0 Å². The van der Waals surface area contributed by atoms with E-state index in [0.29, 0.717) is 37.1 Å². The normalized spacial score (nSPS) is 23.0. The number of rotatable bonds is 3. The lowest BCUT2D eigenvalue weighted by Crippen LogP contribution is -2.54. The first-order chi connectivity index (χ1) is 12.6. The number of benzene rings is 1. The molecule has 140 valence electrons. The lowest BCUT2D eigenvalue weighted by Gasteiger charge is -2.38. The highest BCUT2D eigenvalue weighted by molar-refractivity contribution is 6.30. The number of nitrogens with zero attached hydrogens (tertiary/aromatic N) is 2. The molecule has 0 bridgehead atoms. The summed E-state index contributed by atoms with van der Waals surface area (Å²) < 4.78 is 0. The van der Waals surface area contributed by atoms with Crippen LogP contribution < -0.4 is 0 Å². The van der Waals surface area contributed by atoms with Crippen LogP contribution in [0, 0.1) is 5.92 Å². The zero-order valence-corrected chi connectivity index (χ0v) is 16.0. The van der Waals surface area contributed by atoms with Gasteiger partial charge in [-0.05, 0) is 43.4 Å². The number of hydrogen-bond acceptors (Lipinski definition) is 2. The van der Waals surface area contributed by atoms with Crippen molar-refractivity contribution in [2.75, 3.05) is 26.2 Å². The van der Waals surface area contributed by atoms with Gasteiger partial charge in [0.25, 0.3) is 0 Å². The van der Waals surface area contributed by atoms with Gasteiger partial charge in [0.2, 0.25) is 11.8 Å². The molecule has 26 heavy (non-hydrogen) atoms. The first-order valence-electron chi connectivity index (χ1n) is 9.94. The Morgan fingerprint density at radius 1 is 0.962 bits per heavy atom. The maximum absolute atomic E-state index is 13.2. The van der Waals surface area contributed by atoms with E-state index in [4.69, 9.17) is 11.6 Å². The third-order valence-corrected chi connectivity index (χ3v) is 6.60. The van der Waals surface area contributed by atoms with Gasteiger partial charge in [-0.15, -0.1) is 0 Å². The molecule has 0 N–H and O–H groups in total. The van der Waals surface area contributed by atoms with E-state index in [-0.39, 0.29) is 17.2 Å². The molecule has 2 amide bonds. The van der Waals surface area contributed by atoms with Gasteiger partial charge in [0, 0.05) is 37.1 Å². The van der Waals surface area contributed by atoms with Crippen LogP contribution in [0.15, 0.2) is 24.3 Å². The van der Waals surface area contributed by atoms with Crippen molar-refractivity contribution in [1.82, 2.24) is 9.80 Å². The average molecular weight is 375 g/mol. The third kappa shape index (κ3) is 3.36. The van der Waals surface area contributed by atoms with Crippen molar-refractivity contribution in [3.63, 3.8) is 0 Å². The van der Waals surface area contributed by atoms with Crippen molar-refractivity contribution in [2.24, 2.45) is 5.92 Å². The fourth-order valence-electron chi connectivity index (χ4n) is 4.58. The van der Waals surface area contributed by atoms with E-state index in [2.05, 4.69) is 0 Å². The summed E-state index contributed by atoms with van der Waals surface area (Å²) in [7, 11) is 0. The van der Waals surface area contributed by atoms with Crippen LogP contribution in [-0.4, -0.2) is 47.8 Å². The molecule has 3 fully saturated rings. The molecule has 1 aromatic rings. The average Bonchev–Trinajstić information content (AvgIpc) is 3.50. The summed E-state index contributed by atoms with van der Waals surface area (Å²) >= 11 is 6.13. The van der Waals surface area contributed by atoms with Crippen LogP contribution >= 0.6 is 11.6 Å². The smallest absolute Gasteiger partial charge is 0.233 e. The van der Waals surface area contributed by atoms with Crippen molar-refractivity contribution in [3.05, 3.63) is 34.9 Å². The van der Waals surface area contributed by atoms with Gasteiger partial charge in [-0.25, -0.2) is 0 Å². The van der Waals surface area contributed by atoms with Crippen molar-refractivity contribution in [1.29, 1.82) is 0 Å². The number of halogens is 1. The molecule has 2 aliphatic carbocycles. The maximum Gasteiger partial charge on any atom is 0.233 e. The van der Waals surface area contributed by atoms with Gasteiger partial charge in [0.1, 0.15) is 0 Å². The summed E-state index contributed by atoms with van der Waals surface area (Å²) in [6, 6.07) is 7.71. The monoisotopic (exact) mass is 374 g/mol. The zero-order chi connectivity index (χ0) is 18.1. The Labute approximate surface area is 160 Å². The Balaban J connectivity index is 1.37. The minimum absolute atomic E-state index is 0.213. The quantitative estimate of drug-likeness (QED) is 0.810. The van der Waals surface area contributed by atoms with Gasteiger partial charge >= 0.3 is 0 Å². The predicted octanol–water partition coefficient (Wildman–Crippen LogP) is 3.62. The molecule has 0 aromatic heterocycles.